The Bertz CT molecular complexity index is 984. The molecule has 0 saturated carbocycles. The number of rotatable bonds is 4. The Morgan fingerprint density at radius 1 is 0.763 bits per heavy atom. The highest BCUT2D eigenvalue weighted by Gasteiger charge is 2.34. The molecule has 3 aliphatic rings. The van der Waals surface area contributed by atoms with Gasteiger partial charge in [0.25, 0.3) is 0 Å². The van der Waals surface area contributed by atoms with Gasteiger partial charge in [0.2, 0.25) is 0 Å². The van der Waals surface area contributed by atoms with Crippen molar-refractivity contribution in [1.29, 1.82) is 0 Å². The van der Waals surface area contributed by atoms with Crippen LogP contribution in [-0.4, -0.2) is 67.4 Å². The Kier molecular flexibility index (Phi) is 12.7. The molecule has 4 heterocycles. The number of aromatic nitrogens is 2. The fourth-order valence-electron chi connectivity index (χ4n) is 4.68. The van der Waals surface area contributed by atoms with E-state index in [9.17, 15) is 20.4 Å². The number of phenols is 4. The van der Waals surface area contributed by atoms with E-state index < -0.39 is 28.9 Å². The zero-order valence-electron chi connectivity index (χ0n) is 23.7. The molecule has 10 heteroatoms. The molecular weight excluding hydrogens is 488 g/mol. The first-order valence-corrected chi connectivity index (χ1v) is 14.1. The van der Waals surface area contributed by atoms with Crippen LogP contribution < -0.4 is 0 Å². The van der Waals surface area contributed by atoms with Crippen LogP contribution in [0, 0.1) is 0 Å². The highest BCUT2D eigenvalue weighted by Crippen LogP contribution is 2.53. The topological polar surface area (TPSA) is 133 Å². The van der Waals surface area contributed by atoms with Crippen molar-refractivity contribution in [3.8, 4) is 34.1 Å². The van der Waals surface area contributed by atoms with Gasteiger partial charge in [-0.3, -0.25) is 5.01 Å². The van der Waals surface area contributed by atoms with Crippen molar-refractivity contribution in [2.75, 3.05) is 19.8 Å². The van der Waals surface area contributed by atoms with Crippen molar-refractivity contribution in [3.63, 3.8) is 0 Å². The molecule has 3 aliphatic heterocycles. The number of benzene rings is 1. The van der Waals surface area contributed by atoms with E-state index >= 15 is 0 Å². The minimum Gasteiger partial charge on any atom is -0.504 e. The molecule has 0 amide bonds. The van der Waals surface area contributed by atoms with Crippen LogP contribution in [0.4, 0.5) is 0 Å². The van der Waals surface area contributed by atoms with Crippen LogP contribution in [0.2, 0.25) is 0 Å². The van der Waals surface area contributed by atoms with Gasteiger partial charge in [-0.15, -0.1) is 0 Å². The van der Waals surface area contributed by atoms with Crippen LogP contribution in [0.3, 0.4) is 0 Å². The summed E-state index contributed by atoms with van der Waals surface area (Å²) in [6.45, 7) is 13.7. The van der Waals surface area contributed by atoms with E-state index in [1.165, 1.54) is 6.20 Å². The summed E-state index contributed by atoms with van der Waals surface area (Å²) in [5.74, 6) is -2.51. The van der Waals surface area contributed by atoms with Crippen LogP contribution >= 0.6 is 0 Å². The second-order valence-electron chi connectivity index (χ2n) is 8.53. The summed E-state index contributed by atoms with van der Waals surface area (Å²) in [4.78, 5) is 0. The van der Waals surface area contributed by atoms with Crippen LogP contribution in [0.15, 0.2) is 17.5 Å². The summed E-state index contributed by atoms with van der Waals surface area (Å²) in [6, 6.07) is 0. The molecule has 2 aromatic rings. The zero-order chi connectivity index (χ0) is 28.2. The van der Waals surface area contributed by atoms with Crippen LogP contribution in [0.25, 0.3) is 11.1 Å². The molecule has 4 N–H and O–H groups in total. The first-order chi connectivity index (χ1) is 18.5. The number of hydrogen-bond acceptors (Lipinski definition) is 9. The Morgan fingerprint density at radius 2 is 1.32 bits per heavy atom. The van der Waals surface area contributed by atoms with Crippen LogP contribution in [-0.2, 0) is 9.47 Å². The SMILES string of the molecule is CC.CC.CC.Oc1c(O)c(C2C=NN(C3CCCCO3)C2)c(O)c(O)c1-c1cnn(C2CCCCO2)c1. The number of hydrogen-bond donors (Lipinski definition) is 4. The summed E-state index contributed by atoms with van der Waals surface area (Å²) in [7, 11) is 0. The lowest BCUT2D eigenvalue weighted by Crippen LogP contribution is -2.35. The van der Waals surface area contributed by atoms with E-state index in [4.69, 9.17) is 9.47 Å². The Hall–Kier alpha value is -2.98. The molecule has 38 heavy (non-hydrogen) atoms. The van der Waals surface area contributed by atoms with Gasteiger partial charge in [0, 0.05) is 37.1 Å². The number of nitrogens with zero attached hydrogens (tertiary/aromatic N) is 4. The molecule has 2 saturated heterocycles. The molecule has 0 radical (unpaired) electrons. The lowest BCUT2D eigenvalue weighted by atomic mass is 9.93. The van der Waals surface area contributed by atoms with Gasteiger partial charge in [0.15, 0.2) is 23.0 Å². The lowest BCUT2D eigenvalue weighted by Gasteiger charge is -2.30. The fourth-order valence-corrected chi connectivity index (χ4v) is 4.68. The second-order valence-corrected chi connectivity index (χ2v) is 8.53. The minimum atomic E-state index is -0.514. The van der Waals surface area contributed by atoms with Gasteiger partial charge in [-0.05, 0) is 38.5 Å². The Balaban J connectivity index is 0.000000791. The van der Waals surface area contributed by atoms with Crippen molar-refractivity contribution in [2.24, 2.45) is 5.10 Å². The van der Waals surface area contributed by atoms with E-state index in [0.29, 0.717) is 25.3 Å². The predicted molar refractivity (Wildman–Crippen MR) is 149 cm³/mol. The predicted octanol–water partition coefficient (Wildman–Crippen LogP) is 6.06. The molecule has 3 unspecified atom stereocenters. The number of aromatic hydroxyl groups is 4. The van der Waals surface area contributed by atoms with Gasteiger partial charge >= 0.3 is 0 Å². The van der Waals surface area contributed by atoms with Gasteiger partial charge in [0.05, 0.1) is 23.9 Å². The number of hydrazone groups is 1. The maximum atomic E-state index is 10.8. The van der Waals surface area contributed by atoms with Gasteiger partial charge in [-0.25, -0.2) is 4.68 Å². The highest BCUT2D eigenvalue weighted by atomic mass is 16.5. The van der Waals surface area contributed by atoms with E-state index in [1.807, 2.05) is 41.5 Å². The van der Waals surface area contributed by atoms with Gasteiger partial charge < -0.3 is 29.9 Å². The molecule has 0 spiro atoms. The Labute approximate surface area is 226 Å². The standard InChI is InChI=1S/C22H28N4O6.3C2H6/c27-19-17(13-9-23-25(11-13)15-5-1-3-7-31-15)20(28)22(30)18(21(19)29)14-10-24-26(12-14)16-6-2-4-8-32-16;3*1-2/h9-11,14-16,27-30H,1-8,12H2;3*1-2H3. The second kappa shape index (κ2) is 15.4. The zero-order valence-corrected chi connectivity index (χ0v) is 23.7. The molecule has 1 aromatic heterocycles. The maximum absolute atomic E-state index is 10.8. The van der Waals surface area contributed by atoms with Crippen molar-refractivity contribution in [3.05, 3.63) is 18.0 Å². The van der Waals surface area contributed by atoms with Crippen LogP contribution in [0.1, 0.15) is 97.8 Å². The van der Waals surface area contributed by atoms with Crippen molar-refractivity contribution in [2.45, 2.75) is 98.4 Å². The summed E-state index contributed by atoms with van der Waals surface area (Å²) >= 11 is 0. The highest BCUT2D eigenvalue weighted by molar-refractivity contribution is 5.86. The van der Waals surface area contributed by atoms with E-state index in [-0.39, 0.29) is 23.6 Å². The van der Waals surface area contributed by atoms with Gasteiger partial charge in [-0.2, -0.15) is 10.2 Å². The molecule has 3 atom stereocenters. The third-order valence-electron chi connectivity index (χ3n) is 6.41. The molecule has 2 fully saturated rings. The summed E-state index contributed by atoms with van der Waals surface area (Å²) in [5.41, 5.74) is 0.325. The molecule has 5 rings (SSSR count). The largest absolute Gasteiger partial charge is 0.504 e. The third-order valence-corrected chi connectivity index (χ3v) is 6.41. The molecule has 10 nitrogen and oxygen atoms in total. The number of phenolic OH excluding ortho intramolecular Hbond substituents is 4. The van der Waals surface area contributed by atoms with Gasteiger partial charge in [-0.1, -0.05) is 41.5 Å². The number of ether oxygens (including phenoxy) is 2. The average molecular weight is 535 g/mol. The monoisotopic (exact) mass is 534 g/mol. The average Bonchev–Trinajstić information content (AvgIpc) is 3.68. The summed E-state index contributed by atoms with van der Waals surface area (Å²) in [5, 5.41) is 53.5. The molecule has 1 aromatic carbocycles. The van der Waals surface area contributed by atoms with Crippen molar-refractivity contribution >= 4 is 6.21 Å². The summed E-state index contributed by atoms with van der Waals surface area (Å²) in [6.07, 6.45) is 10.1. The van der Waals surface area contributed by atoms with Crippen molar-refractivity contribution < 1.29 is 29.9 Å². The maximum Gasteiger partial charge on any atom is 0.169 e. The smallest absolute Gasteiger partial charge is 0.169 e. The molecule has 0 aliphatic carbocycles. The first-order valence-electron chi connectivity index (χ1n) is 14.1. The molecule has 214 valence electrons. The normalized spacial score (nSPS) is 22.4. The first kappa shape index (κ1) is 31.2. The van der Waals surface area contributed by atoms with E-state index in [0.717, 1.165) is 38.5 Å². The van der Waals surface area contributed by atoms with E-state index in [2.05, 4.69) is 10.2 Å². The third kappa shape index (κ3) is 6.71. The lowest BCUT2D eigenvalue weighted by molar-refractivity contribution is -0.0817. The van der Waals surface area contributed by atoms with Crippen LogP contribution in [0.5, 0.6) is 23.0 Å². The van der Waals surface area contributed by atoms with Crippen molar-refractivity contribution in [1.82, 2.24) is 14.8 Å². The minimum absolute atomic E-state index is 0.0359. The summed E-state index contributed by atoms with van der Waals surface area (Å²) < 4.78 is 13.1. The van der Waals surface area contributed by atoms with E-state index in [1.54, 1.807) is 22.1 Å². The molecular formula is C28H46N4O6. The Morgan fingerprint density at radius 3 is 1.84 bits per heavy atom. The quantitative estimate of drug-likeness (QED) is 0.275. The van der Waals surface area contributed by atoms with Gasteiger partial charge in [0.1, 0.15) is 12.5 Å². The molecule has 0 bridgehead atoms. The fraction of sp³-hybridized carbons (Fsp3) is 0.643.